The Balaban J connectivity index is 2.48. The van der Waals surface area contributed by atoms with Gasteiger partial charge in [0.2, 0.25) is 0 Å². The van der Waals surface area contributed by atoms with Crippen molar-refractivity contribution < 1.29 is 13.9 Å². The van der Waals surface area contributed by atoms with Crippen molar-refractivity contribution in [1.29, 1.82) is 0 Å². The molecule has 0 aliphatic heterocycles. The molecule has 17 heavy (non-hydrogen) atoms. The van der Waals surface area contributed by atoms with Gasteiger partial charge in [-0.3, -0.25) is 0 Å². The first kappa shape index (κ1) is 13.9. The minimum Gasteiger partial charge on any atom is -0.503 e. The molecule has 1 rings (SSSR count). The molecule has 1 aromatic carbocycles. The number of benzene rings is 1. The van der Waals surface area contributed by atoms with Crippen LogP contribution in [0.4, 0.5) is 8.78 Å². The summed E-state index contributed by atoms with van der Waals surface area (Å²) in [6, 6.07) is 2.28. The number of halogens is 2. The van der Waals surface area contributed by atoms with Crippen LogP contribution in [0.3, 0.4) is 0 Å². The van der Waals surface area contributed by atoms with Crippen LogP contribution >= 0.6 is 0 Å². The largest absolute Gasteiger partial charge is 0.503 e. The lowest BCUT2D eigenvalue weighted by Gasteiger charge is -2.18. The Kier molecular flexibility index (Phi) is 4.46. The van der Waals surface area contributed by atoms with Gasteiger partial charge in [0.15, 0.2) is 17.4 Å². The predicted molar refractivity (Wildman–Crippen MR) is 63.8 cm³/mol. The van der Waals surface area contributed by atoms with Crippen molar-refractivity contribution in [3.8, 4) is 5.75 Å². The van der Waals surface area contributed by atoms with E-state index in [0.717, 1.165) is 25.1 Å². The topological polar surface area (TPSA) is 32.3 Å². The van der Waals surface area contributed by atoms with Gasteiger partial charge in [-0.15, -0.1) is 0 Å². The van der Waals surface area contributed by atoms with Crippen LogP contribution in [0.1, 0.15) is 32.8 Å². The van der Waals surface area contributed by atoms with Gasteiger partial charge in [0.1, 0.15) is 0 Å². The van der Waals surface area contributed by atoms with Crippen LogP contribution in [0.25, 0.3) is 0 Å². The number of nitrogens with one attached hydrogen (secondary N) is 1. The van der Waals surface area contributed by atoms with E-state index in [1.165, 1.54) is 0 Å². The summed E-state index contributed by atoms with van der Waals surface area (Å²) in [6.45, 7) is 7.58. The average molecular weight is 243 g/mol. The molecule has 0 heterocycles. The third-order valence-electron chi connectivity index (χ3n) is 2.46. The van der Waals surface area contributed by atoms with Crippen molar-refractivity contribution in [1.82, 2.24) is 5.32 Å². The Bertz CT molecular complexity index is 362. The molecule has 0 saturated carbocycles. The van der Waals surface area contributed by atoms with Crippen LogP contribution in [0.2, 0.25) is 0 Å². The van der Waals surface area contributed by atoms with Gasteiger partial charge in [-0.05, 0) is 36.1 Å². The number of hydrogen-bond acceptors (Lipinski definition) is 2. The Labute approximate surface area is 101 Å². The Hall–Kier alpha value is -1.16. The highest BCUT2D eigenvalue weighted by Crippen LogP contribution is 2.21. The molecule has 0 aromatic heterocycles. The average Bonchev–Trinajstić information content (AvgIpc) is 2.19. The lowest BCUT2D eigenvalue weighted by Crippen LogP contribution is -2.20. The summed E-state index contributed by atoms with van der Waals surface area (Å²) in [5, 5.41) is 12.1. The molecule has 0 fully saturated rings. The van der Waals surface area contributed by atoms with E-state index in [1.54, 1.807) is 0 Å². The zero-order chi connectivity index (χ0) is 13.1. The SMILES string of the molecule is CC(C)(C)CCNCc1cc(F)c(O)c(F)c1. The molecule has 0 aliphatic carbocycles. The minimum atomic E-state index is -0.919. The number of rotatable bonds is 4. The van der Waals surface area contributed by atoms with Crippen molar-refractivity contribution in [2.24, 2.45) is 5.41 Å². The summed E-state index contributed by atoms with van der Waals surface area (Å²) in [6.07, 6.45) is 0.982. The monoisotopic (exact) mass is 243 g/mol. The van der Waals surface area contributed by atoms with E-state index in [-0.39, 0.29) is 5.41 Å². The second-order valence-corrected chi connectivity index (χ2v) is 5.40. The second kappa shape index (κ2) is 5.45. The van der Waals surface area contributed by atoms with Gasteiger partial charge in [0.05, 0.1) is 0 Å². The van der Waals surface area contributed by atoms with Crippen molar-refractivity contribution in [2.45, 2.75) is 33.7 Å². The van der Waals surface area contributed by atoms with E-state index in [1.807, 2.05) is 0 Å². The summed E-state index contributed by atoms with van der Waals surface area (Å²) >= 11 is 0. The van der Waals surface area contributed by atoms with Gasteiger partial charge >= 0.3 is 0 Å². The van der Waals surface area contributed by atoms with Gasteiger partial charge in [-0.25, -0.2) is 8.78 Å². The molecule has 0 aliphatic rings. The van der Waals surface area contributed by atoms with Crippen molar-refractivity contribution >= 4 is 0 Å². The Morgan fingerprint density at radius 2 is 1.71 bits per heavy atom. The van der Waals surface area contributed by atoms with Gasteiger partial charge in [-0.1, -0.05) is 20.8 Å². The standard InChI is InChI=1S/C13H19F2NO/c1-13(2,3)4-5-16-8-9-6-10(14)12(17)11(15)7-9/h6-7,16-17H,4-5,8H2,1-3H3. The molecule has 0 saturated heterocycles. The molecule has 96 valence electrons. The second-order valence-electron chi connectivity index (χ2n) is 5.40. The first-order valence-corrected chi connectivity index (χ1v) is 5.67. The van der Waals surface area contributed by atoms with E-state index in [9.17, 15) is 8.78 Å². The number of phenolic OH excluding ortho intramolecular Hbond substituents is 1. The highest BCUT2D eigenvalue weighted by molar-refractivity contribution is 5.29. The summed E-state index contributed by atoms with van der Waals surface area (Å²) in [5.74, 6) is -2.75. The highest BCUT2D eigenvalue weighted by Gasteiger charge is 2.11. The zero-order valence-corrected chi connectivity index (χ0v) is 10.5. The zero-order valence-electron chi connectivity index (χ0n) is 10.5. The van der Waals surface area contributed by atoms with Crippen LogP contribution in [0.15, 0.2) is 12.1 Å². The molecule has 0 atom stereocenters. The fraction of sp³-hybridized carbons (Fsp3) is 0.538. The Morgan fingerprint density at radius 1 is 1.18 bits per heavy atom. The van der Waals surface area contributed by atoms with E-state index >= 15 is 0 Å². The van der Waals surface area contributed by atoms with Crippen molar-refractivity contribution in [2.75, 3.05) is 6.54 Å². The van der Waals surface area contributed by atoms with E-state index < -0.39 is 17.4 Å². The molecule has 2 N–H and O–H groups in total. The maximum atomic E-state index is 13.0. The van der Waals surface area contributed by atoms with Crippen LogP contribution in [-0.2, 0) is 6.54 Å². The molecule has 4 heteroatoms. The minimum absolute atomic E-state index is 0.235. The number of hydrogen-bond donors (Lipinski definition) is 2. The smallest absolute Gasteiger partial charge is 0.187 e. The summed E-state index contributed by atoms with van der Waals surface area (Å²) in [4.78, 5) is 0. The van der Waals surface area contributed by atoms with Crippen molar-refractivity contribution in [3.05, 3.63) is 29.3 Å². The van der Waals surface area contributed by atoms with Gasteiger partial charge in [-0.2, -0.15) is 0 Å². The lowest BCUT2D eigenvalue weighted by atomic mass is 9.92. The fourth-order valence-corrected chi connectivity index (χ4v) is 1.42. The van der Waals surface area contributed by atoms with Crippen LogP contribution in [0, 0.1) is 17.0 Å². The maximum absolute atomic E-state index is 13.0. The Morgan fingerprint density at radius 3 is 2.18 bits per heavy atom. The van der Waals surface area contributed by atoms with Gasteiger partial charge < -0.3 is 10.4 Å². The molecule has 0 spiro atoms. The van der Waals surface area contributed by atoms with Gasteiger partial charge in [0, 0.05) is 6.54 Å². The normalized spacial score (nSPS) is 11.8. The highest BCUT2D eigenvalue weighted by atomic mass is 19.1. The molecular weight excluding hydrogens is 224 g/mol. The number of phenols is 1. The molecule has 2 nitrogen and oxygen atoms in total. The first-order valence-electron chi connectivity index (χ1n) is 5.67. The summed E-state index contributed by atoms with van der Waals surface area (Å²) in [7, 11) is 0. The number of aromatic hydroxyl groups is 1. The first-order chi connectivity index (χ1) is 7.79. The quantitative estimate of drug-likeness (QED) is 0.796. The van der Waals surface area contributed by atoms with E-state index in [0.29, 0.717) is 12.1 Å². The third-order valence-corrected chi connectivity index (χ3v) is 2.46. The van der Waals surface area contributed by atoms with Crippen LogP contribution in [0.5, 0.6) is 5.75 Å². The summed E-state index contributed by atoms with van der Waals surface area (Å²) in [5.41, 5.74) is 0.727. The molecule has 0 amide bonds. The molecule has 1 aromatic rings. The maximum Gasteiger partial charge on any atom is 0.187 e. The van der Waals surface area contributed by atoms with Crippen LogP contribution < -0.4 is 5.32 Å². The molecule has 0 radical (unpaired) electrons. The van der Waals surface area contributed by atoms with Gasteiger partial charge in [0.25, 0.3) is 0 Å². The van der Waals surface area contributed by atoms with Crippen molar-refractivity contribution in [3.63, 3.8) is 0 Å². The van der Waals surface area contributed by atoms with Crippen LogP contribution in [-0.4, -0.2) is 11.7 Å². The molecule has 0 bridgehead atoms. The fourth-order valence-electron chi connectivity index (χ4n) is 1.42. The molecular formula is C13H19F2NO. The lowest BCUT2D eigenvalue weighted by molar-refractivity contribution is 0.366. The predicted octanol–water partition coefficient (Wildman–Crippen LogP) is 3.20. The van der Waals surface area contributed by atoms with E-state index in [4.69, 9.17) is 5.11 Å². The third kappa shape index (κ3) is 4.69. The molecule has 0 unspecified atom stereocenters. The van der Waals surface area contributed by atoms with E-state index in [2.05, 4.69) is 26.1 Å². The summed E-state index contributed by atoms with van der Waals surface area (Å²) < 4.78 is 26.0.